The molecule has 0 spiro atoms. The van der Waals surface area contributed by atoms with Gasteiger partial charge in [-0.1, -0.05) is 23.7 Å². The Hall–Kier alpha value is -3.91. The summed E-state index contributed by atoms with van der Waals surface area (Å²) >= 11 is 6.22. The molecule has 1 fully saturated rings. The number of fused-ring (bicyclic) bond motifs is 1. The van der Waals surface area contributed by atoms with Crippen LogP contribution in [-0.2, 0) is 6.54 Å². The van der Waals surface area contributed by atoms with E-state index in [2.05, 4.69) is 0 Å². The van der Waals surface area contributed by atoms with Gasteiger partial charge >= 0.3 is 11.7 Å². The molecular formula is C26H21ClFN3O4. The summed E-state index contributed by atoms with van der Waals surface area (Å²) in [6.45, 7) is 1.32. The van der Waals surface area contributed by atoms with Gasteiger partial charge in [0.1, 0.15) is 5.82 Å². The van der Waals surface area contributed by atoms with Gasteiger partial charge in [0.15, 0.2) is 0 Å². The fourth-order valence-electron chi connectivity index (χ4n) is 4.53. The summed E-state index contributed by atoms with van der Waals surface area (Å²) in [6, 6.07) is 15.8. The van der Waals surface area contributed by atoms with Crippen molar-refractivity contribution in [3.63, 3.8) is 0 Å². The molecule has 9 heteroatoms. The highest BCUT2D eigenvalue weighted by Crippen LogP contribution is 2.24. The van der Waals surface area contributed by atoms with E-state index < -0.39 is 23.0 Å². The number of amides is 1. The Morgan fingerprint density at radius 2 is 1.69 bits per heavy atom. The molecule has 0 bridgehead atoms. The van der Waals surface area contributed by atoms with Crippen molar-refractivity contribution in [2.45, 2.75) is 19.4 Å². The van der Waals surface area contributed by atoms with Gasteiger partial charge in [-0.2, -0.15) is 0 Å². The number of nitrogens with zero attached hydrogens (tertiary/aromatic N) is 3. The number of carbonyl (C=O) groups excluding carboxylic acids is 1. The summed E-state index contributed by atoms with van der Waals surface area (Å²) in [5.41, 5.74) is 1.26. The molecule has 1 aliphatic rings. The normalized spacial score (nSPS) is 13.5. The average molecular weight is 494 g/mol. The minimum atomic E-state index is -1.38. The molecule has 1 amide bonds. The zero-order valence-electron chi connectivity index (χ0n) is 18.6. The Kier molecular flexibility index (Phi) is 5.90. The molecule has 7 nitrogen and oxygen atoms in total. The minimum Gasteiger partial charge on any atom is -0.478 e. The van der Waals surface area contributed by atoms with Gasteiger partial charge in [0.05, 0.1) is 28.8 Å². The first-order valence-electron chi connectivity index (χ1n) is 11.2. The lowest BCUT2D eigenvalue weighted by Crippen LogP contribution is -2.27. The Morgan fingerprint density at radius 1 is 0.971 bits per heavy atom. The molecule has 178 valence electrons. The van der Waals surface area contributed by atoms with Crippen molar-refractivity contribution in [1.29, 1.82) is 0 Å². The van der Waals surface area contributed by atoms with E-state index in [0.29, 0.717) is 27.3 Å². The van der Waals surface area contributed by atoms with E-state index in [1.165, 1.54) is 27.3 Å². The molecule has 35 heavy (non-hydrogen) atoms. The zero-order chi connectivity index (χ0) is 24.7. The van der Waals surface area contributed by atoms with Gasteiger partial charge in [-0.3, -0.25) is 13.9 Å². The monoisotopic (exact) mass is 493 g/mol. The van der Waals surface area contributed by atoms with E-state index in [9.17, 15) is 23.9 Å². The number of hydrogen-bond acceptors (Lipinski definition) is 3. The molecule has 0 atom stereocenters. The van der Waals surface area contributed by atoms with E-state index in [-0.39, 0.29) is 18.0 Å². The summed E-state index contributed by atoms with van der Waals surface area (Å²) in [6.07, 6.45) is 1.99. The van der Waals surface area contributed by atoms with Crippen LogP contribution in [0.25, 0.3) is 16.7 Å². The highest BCUT2D eigenvalue weighted by Gasteiger charge is 2.21. The van der Waals surface area contributed by atoms with Gasteiger partial charge in [-0.15, -0.1) is 0 Å². The van der Waals surface area contributed by atoms with Crippen LogP contribution in [-0.4, -0.2) is 44.1 Å². The topological polar surface area (TPSA) is 84.5 Å². The van der Waals surface area contributed by atoms with Crippen molar-refractivity contribution in [1.82, 2.24) is 14.0 Å². The maximum Gasteiger partial charge on any atom is 0.338 e. The van der Waals surface area contributed by atoms with Gasteiger partial charge in [-0.05, 0) is 61.4 Å². The molecule has 0 radical (unpaired) electrons. The zero-order valence-corrected chi connectivity index (χ0v) is 19.3. The number of halogens is 2. The fraction of sp³-hybridized carbons (Fsp3) is 0.192. The van der Waals surface area contributed by atoms with E-state index in [0.717, 1.165) is 25.9 Å². The third-order valence-electron chi connectivity index (χ3n) is 6.29. The number of aromatic nitrogens is 2. The van der Waals surface area contributed by atoms with Crippen LogP contribution in [0.4, 0.5) is 4.39 Å². The van der Waals surface area contributed by atoms with Crippen LogP contribution in [0.3, 0.4) is 0 Å². The number of imidazole rings is 1. The van der Waals surface area contributed by atoms with Crippen LogP contribution < -0.4 is 5.69 Å². The highest BCUT2D eigenvalue weighted by molar-refractivity contribution is 6.31. The predicted molar refractivity (Wildman–Crippen MR) is 130 cm³/mol. The molecule has 1 N–H and O–H groups in total. The lowest BCUT2D eigenvalue weighted by atomic mass is 10.1. The second kappa shape index (κ2) is 9.03. The molecule has 4 aromatic rings. The first kappa shape index (κ1) is 22.9. The van der Waals surface area contributed by atoms with E-state index >= 15 is 0 Å². The van der Waals surface area contributed by atoms with Crippen molar-refractivity contribution in [3.8, 4) is 5.69 Å². The van der Waals surface area contributed by atoms with Crippen LogP contribution in [0.15, 0.2) is 65.5 Å². The van der Waals surface area contributed by atoms with Gasteiger partial charge in [0.25, 0.3) is 5.91 Å². The quantitative estimate of drug-likeness (QED) is 0.441. The van der Waals surface area contributed by atoms with Crippen LogP contribution >= 0.6 is 11.6 Å². The number of aromatic carboxylic acids is 1. The molecule has 1 aliphatic heterocycles. The second-order valence-electron chi connectivity index (χ2n) is 8.47. The molecule has 1 aromatic heterocycles. The highest BCUT2D eigenvalue weighted by atomic mass is 35.5. The molecule has 2 heterocycles. The average Bonchev–Trinajstić information content (AvgIpc) is 3.47. The number of benzene rings is 3. The number of likely N-dealkylation sites (tertiary alicyclic amines) is 1. The molecular weight excluding hydrogens is 473 g/mol. The first-order chi connectivity index (χ1) is 16.8. The minimum absolute atomic E-state index is 0.0411. The molecule has 3 aromatic carbocycles. The van der Waals surface area contributed by atoms with Crippen molar-refractivity contribution < 1.29 is 19.1 Å². The second-order valence-corrected chi connectivity index (χ2v) is 8.90. The van der Waals surface area contributed by atoms with Crippen molar-refractivity contribution in [2.24, 2.45) is 0 Å². The SMILES string of the molecule is O=C(O)c1cccc(Cn2c(=O)n(-c3ccc(C(=O)N4CCCC4)cc3)c3cc(Cl)ccc32)c1F. The summed E-state index contributed by atoms with van der Waals surface area (Å²) in [7, 11) is 0. The van der Waals surface area contributed by atoms with Crippen LogP contribution in [0.1, 0.15) is 39.1 Å². The lowest BCUT2D eigenvalue weighted by Gasteiger charge is -2.15. The molecule has 1 saturated heterocycles. The number of carbonyl (C=O) groups is 2. The van der Waals surface area contributed by atoms with Crippen molar-refractivity contribution >= 4 is 34.5 Å². The predicted octanol–water partition coefficient (Wildman–Crippen LogP) is 4.57. The van der Waals surface area contributed by atoms with E-state index in [1.807, 2.05) is 4.90 Å². The number of carboxylic acid groups (broad SMARTS) is 1. The third kappa shape index (κ3) is 4.10. The van der Waals surface area contributed by atoms with Crippen LogP contribution in [0, 0.1) is 5.82 Å². The largest absolute Gasteiger partial charge is 0.478 e. The standard InChI is InChI=1S/C26H21ClFN3O4/c27-18-8-11-21-22(14-18)31(19-9-6-16(7-10-19)24(32)29-12-1-2-13-29)26(35)30(21)15-17-4-3-5-20(23(17)28)25(33)34/h3-11,14H,1-2,12-13,15H2,(H,33,34). The van der Waals surface area contributed by atoms with Crippen LogP contribution in [0.2, 0.25) is 5.02 Å². The van der Waals surface area contributed by atoms with Crippen LogP contribution in [0.5, 0.6) is 0 Å². The lowest BCUT2D eigenvalue weighted by molar-refractivity contribution is 0.0690. The third-order valence-corrected chi connectivity index (χ3v) is 6.53. The number of rotatable bonds is 5. The maximum absolute atomic E-state index is 14.8. The van der Waals surface area contributed by atoms with Crippen molar-refractivity contribution in [2.75, 3.05) is 13.1 Å². The first-order valence-corrected chi connectivity index (χ1v) is 11.5. The van der Waals surface area contributed by atoms with Gasteiger partial charge in [0.2, 0.25) is 0 Å². The molecule has 5 rings (SSSR count). The molecule has 0 saturated carbocycles. The summed E-state index contributed by atoms with van der Waals surface area (Å²) in [5.74, 6) is -2.30. The Bertz CT molecular complexity index is 1520. The van der Waals surface area contributed by atoms with E-state index in [4.69, 9.17) is 11.6 Å². The smallest absolute Gasteiger partial charge is 0.338 e. The van der Waals surface area contributed by atoms with Gasteiger partial charge < -0.3 is 10.0 Å². The number of hydrogen-bond donors (Lipinski definition) is 1. The summed E-state index contributed by atoms with van der Waals surface area (Å²) < 4.78 is 17.6. The molecule has 0 unspecified atom stereocenters. The van der Waals surface area contributed by atoms with E-state index in [1.54, 1.807) is 42.5 Å². The summed E-state index contributed by atoms with van der Waals surface area (Å²) in [5, 5.41) is 9.66. The molecule has 0 aliphatic carbocycles. The Labute approximate surface area is 204 Å². The number of carboxylic acids is 1. The fourth-order valence-corrected chi connectivity index (χ4v) is 4.69. The van der Waals surface area contributed by atoms with Gasteiger partial charge in [0, 0.05) is 29.2 Å². The van der Waals surface area contributed by atoms with Gasteiger partial charge in [-0.25, -0.2) is 14.0 Å². The Morgan fingerprint density at radius 3 is 2.37 bits per heavy atom. The maximum atomic E-state index is 14.8. The Balaban J connectivity index is 1.59. The summed E-state index contributed by atoms with van der Waals surface area (Å²) in [4.78, 5) is 39.4. The van der Waals surface area contributed by atoms with Crippen molar-refractivity contribution in [3.05, 3.63) is 98.7 Å².